The zero-order valence-electron chi connectivity index (χ0n) is 11.3. The van der Waals surface area contributed by atoms with Gasteiger partial charge in [0.25, 0.3) is 6.43 Å². The third-order valence-corrected chi connectivity index (χ3v) is 4.25. The molecular weight excluding hydrogens is 280 g/mol. The minimum atomic E-state index is -2.54. The van der Waals surface area contributed by atoms with Crippen LogP contribution >= 0.6 is 11.3 Å². The first-order chi connectivity index (χ1) is 9.47. The highest BCUT2D eigenvalue weighted by Gasteiger charge is 2.20. The summed E-state index contributed by atoms with van der Waals surface area (Å²) in [4.78, 5) is 6.52. The number of thiophene rings is 1. The van der Waals surface area contributed by atoms with E-state index in [1.165, 1.54) is 6.07 Å². The van der Waals surface area contributed by atoms with Crippen molar-refractivity contribution in [1.29, 1.82) is 0 Å². The molecule has 20 heavy (non-hydrogen) atoms. The van der Waals surface area contributed by atoms with Gasteiger partial charge < -0.3 is 0 Å². The van der Waals surface area contributed by atoms with Gasteiger partial charge in [-0.1, -0.05) is 0 Å². The molecule has 0 saturated carbocycles. The van der Waals surface area contributed by atoms with Gasteiger partial charge in [0.1, 0.15) is 0 Å². The van der Waals surface area contributed by atoms with E-state index >= 15 is 0 Å². The van der Waals surface area contributed by atoms with E-state index in [0.29, 0.717) is 22.4 Å². The summed E-state index contributed by atoms with van der Waals surface area (Å²) in [7, 11) is 1.72. The van der Waals surface area contributed by atoms with Crippen molar-refractivity contribution in [1.82, 2.24) is 14.8 Å². The highest BCUT2D eigenvalue weighted by Crippen LogP contribution is 2.34. The van der Waals surface area contributed by atoms with Gasteiger partial charge >= 0.3 is 0 Å². The fraction of sp³-hybridized carbons (Fsp3) is 0.286. The molecule has 3 rings (SSSR count). The number of pyridine rings is 1. The molecule has 0 radical (unpaired) electrons. The third-order valence-electron chi connectivity index (χ3n) is 3.23. The second-order valence-electron chi connectivity index (χ2n) is 4.72. The van der Waals surface area contributed by atoms with Gasteiger partial charge in [0, 0.05) is 17.5 Å². The Labute approximate surface area is 118 Å². The highest BCUT2D eigenvalue weighted by molar-refractivity contribution is 7.15. The van der Waals surface area contributed by atoms with Crippen molar-refractivity contribution in [3.63, 3.8) is 0 Å². The molecular formula is C14H13F2N3S. The van der Waals surface area contributed by atoms with Gasteiger partial charge in [-0.3, -0.25) is 4.68 Å². The smallest absolute Gasteiger partial charge is 0.250 e. The summed E-state index contributed by atoms with van der Waals surface area (Å²) in [5, 5.41) is 4.66. The molecule has 0 bridgehead atoms. The Morgan fingerprint density at radius 2 is 2.00 bits per heavy atom. The zero-order valence-corrected chi connectivity index (χ0v) is 12.1. The van der Waals surface area contributed by atoms with Crippen LogP contribution in [-0.2, 0) is 7.05 Å². The Balaban J connectivity index is 2.33. The largest absolute Gasteiger partial charge is 0.264 e. The number of aryl methyl sites for hydroxylation is 3. The molecule has 0 unspecified atom stereocenters. The van der Waals surface area contributed by atoms with Crippen LogP contribution in [0.25, 0.3) is 21.6 Å². The zero-order chi connectivity index (χ0) is 14.4. The summed E-state index contributed by atoms with van der Waals surface area (Å²) in [6.45, 7) is 3.71. The maximum Gasteiger partial charge on any atom is 0.264 e. The van der Waals surface area contributed by atoms with Crippen molar-refractivity contribution in [3.05, 3.63) is 34.3 Å². The second-order valence-corrected chi connectivity index (χ2v) is 6.00. The molecule has 3 nitrogen and oxygen atoms in total. The number of aromatic nitrogens is 3. The van der Waals surface area contributed by atoms with Gasteiger partial charge in [0.05, 0.1) is 21.7 Å². The van der Waals surface area contributed by atoms with E-state index < -0.39 is 6.43 Å². The van der Waals surface area contributed by atoms with E-state index in [-0.39, 0.29) is 5.56 Å². The van der Waals surface area contributed by atoms with Crippen LogP contribution in [-0.4, -0.2) is 14.8 Å². The van der Waals surface area contributed by atoms with Crippen LogP contribution in [0.15, 0.2) is 18.2 Å². The van der Waals surface area contributed by atoms with Crippen LogP contribution in [0, 0.1) is 13.8 Å². The molecule has 0 atom stereocenters. The predicted molar refractivity (Wildman–Crippen MR) is 76.3 cm³/mol. The number of halogens is 2. The lowest BCUT2D eigenvalue weighted by Crippen LogP contribution is -1.95. The van der Waals surface area contributed by atoms with Crippen LogP contribution in [0.5, 0.6) is 0 Å². The summed E-state index contributed by atoms with van der Waals surface area (Å²) < 4.78 is 28.2. The van der Waals surface area contributed by atoms with Crippen LogP contribution in [0.1, 0.15) is 22.6 Å². The Kier molecular flexibility index (Phi) is 3.05. The van der Waals surface area contributed by atoms with Gasteiger partial charge in [0.15, 0.2) is 5.65 Å². The van der Waals surface area contributed by atoms with Crippen molar-refractivity contribution in [2.24, 2.45) is 7.05 Å². The fourth-order valence-corrected chi connectivity index (χ4v) is 3.18. The first-order valence-electron chi connectivity index (χ1n) is 6.16. The average molecular weight is 293 g/mol. The monoisotopic (exact) mass is 293 g/mol. The summed E-state index contributed by atoms with van der Waals surface area (Å²) in [5.41, 5.74) is 1.66. The van der Waals surface area contributed by atoms with Crippen molar-refractivity contribution in [2.45, 2.75) is 20.3 Å². The summed E-state index contributed by atoms with van der Waals surface area (Å²) in [6, 6.07) is 5.35. The molecule has 0 aliphatic rings. The summed E-state index contributed by atoms with van der Waals surface area (Å²) in [6.07, 6.45) is -2.54. The number of nitrogens with zero attached hydrogens (tertiary/aromatic N) is 3. The van der Waals surface area contributed by atoms with E-state index in [9.17, 15) is 8.78 Å². The van der Waals surface area contributed by atoms with E-state index in [2.05, 4.69) is 10.1 Å². The standard InChI is InChI=1S/C14H13F2N3S/c1-7-4-5-11(20-7)10-6-9(13(15)16)12-8(2)18-19(3)14(12)17-10/h4-6,13H,1-3H3. The minimum Gasteiger partial charge on any atom is -0.250 e. The lowest BCUT2D eigenvalue weighted by Gasteiger charge is -2.06. The molecule has 6 heteroatoms. The van der Waals surface area contributed by atoms with Gasteiger partial charge in [0.2, 0.25) is 0 Å². The first kappa shape index (κ1) is 13.2. The summed E-state index contributed by atoms with van der Waals surface area (Å²) >= 11 is 1.55. The quantitative estimate of drug-likeness (QED) is 0.707. The maximum atomic E-state index is 13.3. The lowest BCUT2D eigenvalue weighted by atomic mass is 10.1. The van der Waals surface area contributed by atoms with Gasteiger partial charge in [-0.05, 0) is 32.0 Å². The molecule has 0 fully saturated rings. The number of fused-ring (bicyclic) bond motifs is 1. The van der Waals surface area contributed by atoms with Crippen molar-refractivity contribution in [2.75, 3.05) is 0 Å². The number of alkyl halides is 2. The van der Waals surface area contributed by atoms with Crippen molar-refractivity contribution < 1.29 is 8.78 Å². The predicted octanol–water partition coefficient (Wildman–Crippen LogP) is 4.25. The Morgan fingerprint density at radius 1 is 1.25 bits per heavy atom. The second kappa shape index (κ2) is 4.63. The molecule has 104 valence electrons. The molecule has 0 saturated heterocycles. The Bertz CT molecular complexity index is 789. The van der Waals surface area contributed by atoms with E-state index in [1.54, 1.807) is 30.0 Å². The molecule has 0 N–H and O–H groups in total. The van der Waals surface area contributed by atoms with E-state index in [0.717, 1.165) is 9.75 Å². The molecule has 0 amide bonds. The molecule has 3 aromatic heterocycles. The Hall–Kier alpha value is -1.82. The van der Waals surface area contributed by atoms with Gasteiger partial charge in [-0.2, -0.15) is 5.10 Å². The van der Waals surface area contributed by atoms with E-state index in [1.807, 2.05) is 19.1 Å². The topological polar surface area (TPSA) is 30.7 Å². The van der Waals surface area contributed by atoms with Crippen LogP contribution in [0.4, 0.5) is 8.78 Å². The Morgan fingerprint density at radius 3 is 2.60 bits per heavy atom. The van der Waals surface area contributed by atoms with Crippen LogP contribution in [0.3, 0.4) is 0 Å². The van der Waals surface area contributed by atoms with Crippen LogP contribution in [0.2, 0.25) is 0 Å². The highest BCUT2D eigenvalue weighted by atomic mass is 32.1. The van der Waals surface area contributed by atoms with Crippen molar-refractivity contribution in [3.8, 4) is 10.6 Å². The number of rotatable bonds is 2. The molecule has 3 aromatic rings. The third kappa shape index (κ3) is 2.00. The SMILES string of the molecule is Cc1ccc(-c2cc(C(F)F)c3c(C)nn(C)c3n2)s1. The van der Waals surface area contributed by atoms with Crippen LogP contribution < -0.4 is 0 Å². The molecule has 0 aliphatic heterocycles. The normalized spacial score (nSPS) is 11.7. The molecule has 0 spiro atoms. The van der Waals surface area contributed by atoms with E-state index in [4.69, 9.17) is 0 Å². The number of hydrogen-bond acceptors (Lipinski definition) is 3. The minimum absolute atomic E-state index is 0.00153. The molecule has 0 aromatic carbocycles. The van der Waals surface area contributed by atoms with Gasteiger partial charge in [-0.15, -0.1) is 11.3 Å². The first-order valence-corrected chi connectivity index (χ1v) is 6.98. The average Bonchev–Trinajstić information content (AvgIpc) is 2.94. The van der Waals surface area contributed by atoms with Crippen molar-refractivity contribution >= 4 is 22.4 Å². The lowest BCUT2D eigenvalue weighted by molar-refractivity contribution is 0.153. The molecule has 3 heterocycles. The number of hydrogen-bond donors (Lipinski definition) is 0. The van der Waals surface area contributed by atoms with Gasteiger partial charge in [-0.25, -0.2) is 13.8 Å². The molecule has 0 aliphatic carbocycles. The maximum absolute atomic E-state index is 13.3. The summed E-state index contributed by atoms with van der Waals surface area (Å²) in [5.74, 6) is 0. The fourth-order valence-electron chi connectivity index (χ4n) is 2.35.